The van der Waals surface area contributed by atoms with E-state index in [0.29, 0.717) is 42.8 Å². The molecule has 22 heavy (non-hydrogen) atoms. The average Bonchev–Trinajstić information content (AvgIpc) is 3.13. The SMILES string of the molecule is COCCNCCNC(=O)Cc1nc(-c2ccco2)oc1C. The summed E-state index contributed by atoms with van der Waals surface area (Å²) in [6.07, 6.45) is 1.74. The summed E-state index contributed by atoms with van der Waals surface area (Å²) in [4.78, 5) is 16.2. The Morgan fingerprint density at radius 1 is 1.36 bits per heavy atom. The van der Waals surface area contributed by atoms with Gasteiger partial charge >= 0.3 is 0 Å². The Bertz CT molecular complexity index is 578. The van der Waals surface area contributed by atoms with Crippen molar-refractivity contribution in [1.29, 1.82) is 0 Å². The van der Waals surface area contributed by atoms with E-state index >= 15 is 0 Å². The van der Waals surface area contributed by atoms with Gasteiger partial charge in [0.1, 0.15) is 5.76 Å². The molecular weight excluding hydrogens is 286 g/mol. The van der Waals surface area contributed by atoms with Gasteiger partial charge in [0.05, 0.1) is 25.0 Å². The minimum absolute atomic E-state index is 0.0871. The van der Waals surface area contributed by atoms with Crippen molar-refractivity contribution in [3.8, 4) is 11.7 Å². The molecule has 2 heterocycles. The number of ether oxygens (including phenoxy) is 1. The Balaban J connectivity index is 1.77. The van der Waals surface area contributed by atoms with Gasteiger partial charge in [0, 0.05) is 26.7 Å². The Labute approximate surface area is 129 Å². The lowest BCUT2D eigenvalue weighted by Gasteiger charge is -2.05. The monoisotopic (exact) mass is 307 g/mol. The molecule has 0 bridgehead atoms. The summed E-state index contributed by atoms with van der Waals surface area (Å²) in [6.45, 7) is 4.46. The molecule has 0 radical (unpaired) electrons. The molecule has 0 saturated heterocycles. The summed E-state index contributed by atoms with van der Waals surface area (Å²) in [7, 11) is 1.65. The topological polar surface area (TPSA) is 89.5 Å². The van der Waals surface area contributed by atoms with Crippen molar-refractivity contribution in [2.75, 3.05) is 33.4 Å². The van der Waals surface area contributed by atoms with Crippen LogP contribution in [0.4, 0.5) is 0 Å². The van der Waals surface area contributed by atoms with E-state index in [1.54, 1.807) is 32.4 Å². The quantitative estimate of drug-likeness (QED) is 0.675. The molecule has 0 fully saturated rings. The molecule has 0 aliphatic carbocycles. The zero-order valence-corrected chi connectivity index (χ0v) is 12.8. The van der Waals surface area contributed by atoms with Crippen molar-refractivity contribution in [2.24, 2.45) is 0 Å². The smallest absolute Gasteiger partial charge is 0.263 e. The standard InChI is InChI=1S/C15H21N3O4/c1-11-12(18-15(22-11)13-4-3-8-21-13)10-14(19)17-6-5-16-7-9-20-2/h3-4,8,16H,5-7,9-10H2,1-2H3,(H,17,19). The fourth-order valence-corrected chi connectivity index (χ4v) is 1.90. The fourth-order valence-electron chi connectivity index (χ4n) is 1.90. The van der Waals surface area contributed by atoms with Crippen LogP contribution in [-0.4, -0.2) is 44.2 Å². The van der Waals surface area contributed by atoms with Crippen molar-refractivity contribution in [3.63, 3.8) is 0 Å². The zero-order valence-electron chi connectivity index (χ0n) is 12.8. The number of hydrogen-bond acceptors (Lipinski definition) is 6. The molecule has 0 saturated carbocycles. The molecular formula is C15H21N3O4. The summed E-state index contributed by atoms with van der Waals surface area (Å²) >= 11 is 0. The first-order valence-electron chi connectivity index (χ1n) is 7.17. The van der Waals surface area contributed by atoms with Gasteiger partial charge in [-0.1, -0.05) is 0 Å². The van der Waals surface area contributed by atoms with E-state index in [-0.39, 0.29) is 12.3 Å². The molecule has 2 aromatic heterocycles. The van der Waals surface area contributed by atoms with E-state index in [4.69, 9.17) is 13.6 Å². The van der Waals surface area contributed by atoms with Gasteiger partial charge in [-0.3, -0.25) is 4.79 Å². The molecule has 2 rings (SSSR count). The third-order valence-electron chi connectivity index (χ3n) is 3.06. The highest BCUT2D eigenvalue weighted by Crippen LogP contribution is 2.22. The summed E-state index contributed by atoms with van der Waals surface area (Å²) in [5.41, 5.74) is 0.622. The third-order valence-corrected chi connectivity index (χ3v) is 3.06. The number of nitrogens with zero attached hydrogens (tertiary/aromatic N) is 1. The molecule has 120 valence electrons. The summed E-state index contributed by atoms with van der Waals surface area (Å²) < 4.78 is 15.7. The van der Waals surface area contributed by atoms with Gasteiger partial charge in [-0.05, 0) is 19.1 Å². The fraction of sp³-hybridized carbons (Fsp3) is 0.467. The molecule has 0 unspecified atom stereocenters. The van der Waals surface area contributed by atoms with Crippen LogP contribution in [0.25, 0.3) is 11.7 Å². The van der Waals surface area contributed by atoms with Crippen molar-refractivity contribution < 1.29 is 18.4 Å². The van der Waals surface area contributed by atoms with E-state index in [9.17, 15) is 4.79 Å². The Kier molecular flexibility index (Phi) is 6.17. The average molecular weight is 307 g/mol. The lowest BCUT2D eigenvalue weighted by atomic mass is 10.2. The Hall–Kier alpha value is -2.12. The van der Waals surface area contributed by atoms with Crippen LogP contribution in [-0.2, 0) is 16.0 Å². The predicted molar refractivity (Wildman–Crippen MR) is 80.4 cm³/mol. The molecule has 0 spiro atoms. The number of carbonyl (C=O) groups is 1. The maximum atomic E-state index is 11.9. The lowest BCUT2D eigenvalue weighted by molar-refractivity contribution is -0.120. The molecule has 7 heteroatoms. The summed E-state index contributed by atoms with van der Waals surface area (Å²) in [5, 5.41) is 5.99. The molecule has 7 nitrogen and oxygen atoms in total. The number of carbonyl (C=O) groups excluding carboxylic acids is 1. The number of methoxy groups -OCH3 is 1. The van der Waals surface area contributed by atoms with Crippen LogP contribution in [0.3, 0.4) is 0 Å². The number of nitrogens with one attached hydrogen (secondary N) is 2. The van der Waals surface area contributed by atoms with Crippen LogP contribution in [0, 0.1) is 6.92 Å². The normalized spacial score (nSPS) is 10.8. The first-order chi connectivity index (χ1) is 10.7. The van der Waals surface area contributed by atoms with Gasteiger partial charge < -0.3 is 24.2 Å². The van der Waals surface area contributed by atoms with Crippen molar-refractivity contribution in [2.45, 2.75) is 13.3 Å². The number of furan rings is 1. The predicted octanol–water partition coefficient (Wildman–Crippen LogP) is 1.14. The highest BCUT2D eigenvalue weighted by Gasteiger charge is 2.15. The molecule has 0 aromatic carbocycles. The first-order valence-corrected chi connectivity index (χ1v) is 7.17. The van der Waals surface area contributed by atoms with E-state index in [0.717, 1.165) is 6.54 Å². The number of aromatic nitrogens is 1. The second-order valence-corrected chi connectivity index (χ2v) is 4.77. The second kappa shape index (κ2) is 8.35. The van der Waals surface area contributed by atoms with Crippen LogP contribution < -0.4 is 10.6 Å². The molecule has 2 aromatic rings. The maximum absolute atomic E-state index is 11.9. The van der Waals surface area contributed by atoms with E-state index in [1.165, 1.54) is 0 Å². The summed E-state index contributed by atoms with van der Waals surface area (Å²) in [6, 6.07) is 3.53. The van der Waals surface area contributed by atoms with Crippen LogP contribution in [0.2, 0.25) is 0 Å². The van der Waals surface area contributed by atoms with Gasteiger partial charge in [0.2, 0.25) is 5.91 Å². The van der Waals surface area contributed by atoms with Gasteiger partial charge in [0.15, 0.2) is 5.76 Å². The van der Waals surface area contributed by atoms with Crippen molar-refractivity contribution in [3.05, 3.63) is 29.9 Å². The minimum Gasteiger partial charge on any atom is -0.459 e. The molecule has 0 atom stereocenters. The minimum atomic E-state index is -0.0871. The largest absolute Gasteiger partial charge is 0.459 e. The maximum Gasteiger partial charge on any atom is 0.263 e. The van der Waals surface area contributed by atoms with Crippen molar-refractivity contribution in [1.82, 2.24) is 15.6 Å². The Morgan fingerprint density at radius 2 is 2.23 bits per heavy atom. The number of amides is 1. The van der Waals surface area contributed by atoms with Crippen LogP contribution in [0.5, 0.6) is 0 Å². The van der Waals surface area contributed by atoms with E-state index < -0.39 is 0 Å². The zero-order chi connectivity index (χ0) is 15.8. The molecule has 0 aliphatic heterocycles. The van der Waals surface area contributed by atoms with Crippen LogP contribution in [0.1, 0.15) is 11.5 Å². The number of rotatable bonds is 9. The third kappa shape index (κ3) is 4.71. The number of aryl methyl sites for hydroxylation is 1. The van der Waals surface area contributed by atoms with Gasteiger partial charge in [-0.15, -0.1) is 0 Å². The van der Waals surface area contributed by atoms with Gasteiger partial charge in [0.25, 0.3) is 5.89 Å². The van der Waals surface area contributed by atoms with Crippen molar-refractivity contribution >= 4 is 5.91 Å². The molecule has 0 aliphatic rings. The van der Waals surface area contributed by atoms with E-state index in [2.05, 4.69) is 15.6 Å². The number of oxazole rings is 1. The van der Waals surface area contributed by atoms with Crippen LogP contribution in [0.15, 0.2) is 27.2 Å². The number of hydrogen-bond donors (Lipinski definition) is 2. The molecule has 2 N–H and O–H groups in total. The van der Waals surface area contributed by atoms with E-state index in [1.807, 2.05) is 0 Å². The highest BCUT2D eigenvalue weighted by atomic mass is 16.5. The second-order valence-electron chi connectivity index (χ2n) is 4.77. The van der Waals surface area contributed by atoms with Gasteiger partial charge in [-0.25, -0.2) is 4.98 Å². The van der Waals surface area contributed by atoms with Crippen LogP contribution >= 0.6 is 0 Å². The lowest BCUT2D eigenvalue weighted by Crippen LogP contribution is -2.34. The van der Waals surface area contributed by atoms with Gasteiger partial charge in [-0.2, -0.15) is 0 Å². The first kappa shape index (κ1) is 16.3. The Morgan fingerprint density at radius 3 is 2.95 bits per heavy atom. The highest BCUT2D eigenvalue weighted by molar-refractivity contribution is 5.78. The summed E-state index contributed by atoms with van der Waals surface area (Å²) in [5.74, 6) is 1.49. The molecule has 1 amide bonds.